The van der Waals surface area contributed by atoms with Crippen LogP contribution >= 0.6 is 0 Å². The van der Waals surface area contributed by atoms with E-state index in [-0.39, 0.29) is 11.7 Å². The number of hydrogen-bond donors (Lipinski definition) is 3. The van der Waals surface area contributed by atoms with E-state index in [0.717, 1.165) is 11.3 Å². The number of anilines is 1. The summed E-state index contributed by atoms with van der Waals surface area (Å²) in [5.74, 6) is 0.411. The van der Waals surface area contributed by atoms with Crippen molar-refractivity contribution >= 4 is 11.7 Å². The lowest BCUT2D eigenvalue weighted by Gasteiger charge is -2.03. The maximum Gasteiger partial charge on any atom is 0.256 e. The molecule has 0 aliphatic carbocycles. The van der Waals surface area contributed by atoms with Crippen molar-refractivity contribution in [3.05, 3.63) is 41.1 Å². The molecule has 0 atom stereocenters. The van der Waals surface area contributed by atoms with Crippen LogP contribution < -0.4 is 5.32 Å². The Hall–Kier alpha value is -2.30. The Morgan fingerprint density at radius 2 is 1.94 bits per heavy atom. The molecule has 0 fully saturated rings. The fourth-order valence-corrected chi connectivity index (χ4v) is 1.40. The van der Waals surface area contributed by atoms with Gasteiger partial charge in [-0.15, -0.1) is 0 Å². The first kappa shape index (κ1) is 11.2. The number of aryl methyl sites for hydroxylation is 1. The molecule has 5 nitrogen and oxygen atoms in total. The first-order valence-electron chi connectivity index (χ1n) is 5.20. The summed E-state index contributed by atoms with van der Waals surface area (Å²) in [6.07, 6.45) is 0. The van der Waals surface area contributed by atoms with Crippen LogP contribution in [0.2, 0.25) is 0 Å². The summed E-state index contributed by atoms with van der Waals surface area (Å²) >= 11 is 0. The van der Waals surface area contributed by atoms with Crippen LogP contribution in [0.5, 0.6) is 5.75 Å². The molecule has 1 amide bonds. The average molecular weight is 231 g/mol. The molecule has 2 aromatic rings. The number of aromatic amines is 1. The maximum absolute atomic E-state index is 11.8. The van der Waals surface area contributed by atoms with Crippen molar-refractivity contribution in [1.82, 2.24) is 10.2 Å². The molecule has 1 aromatic carbocycles. The lowest BCUT2D eigenvalue weighted by atomic mass is 10.2. The lowest BCUT2D eigenvalue weighted by Crippen LogP contribution is -2.12. The van der Waals surface area contributed by atoms with E-state index in [0.29, 0.717) is 11.4 Å². The Kier molecular flexibility index (Phi) is 2.82. The number of H-pyrrole nitrogens is 1. The van der Waals surface area contributed by atoms with Crippen LogP contribution in [0.3, 0.4) is 0 Å². The SMILES string of the molecule is Cc1[nH]nc(NC(=O)c2ccc(O)cc2)c1C. The van der Waals surface area contributed by atoms with Crippen molar-refractivity contribution in [3.63, 3.8) is 0 Å². The largest absolute Gasteiger partial charge is 0.508 e. The minimum atomic E-state index is -0.250. The third kappa shape index (κ3) is 2.28. The molecule has 5 heteroatoms. The van der Waals surface area contributed by atoms with Gasteiger partial charge in [0.1, 0.15) is 5.75 Å². The molecule has 0 unspecified atom stereocenters. The molecule has 88 valence electrons. The molecule has 17 heavy (non-hydrogen) atoms. The van der Waals surface area contributed by atoms with Crippen LogP contribution in [0.25, 0.3) is 0 Å². The van der Waals surface area contributed by atoms with E-state index >= 15 is 0 Å². The molecule has 2 rings (SSSR count). The van der Waals surface area contributed by atoms with E-state index in [9.17, 15) is 4.79 Å². The highest BCUT2D eigenvalue weighted by atomic mass is 16.3. The van der Waals surface area contributed by atoms with Gasteiger partial charge in [-0.2, -0.15) is 5.10 Å². The predicted molar refractivity (Wildman–Crippen MR) is 64.1 cm³/mol. The molecular formula is C12H13N3O2. The van der Waals surface area contributed by atoms with E-state index in [1.54, 1.807) is 12.1 Å². The lowest BCUT2D eigenvalue weighted by molar-refractivity contribution is 0.102. The van der Waals surface area contributed by atoms with Gasteiger partial charge < -0.3 is 10.4 Å². The summed E-state index contributed by atoms with van der Waals surface area (Å²) in [5, 5.41) is 18.6. The van der Waals surface area contributed by atoms with Gasteiger partial charge in [-0.1, -0.05) is 0 Å². The highest BCUT2D eigenvalue weighted by molar-refractivity contribution is 6.04. The molecule has 0 saturated carbocycles. The van der Waals surface area contributed by atoms with Crippen LogP contribution in [0.4, 0.5) is 5.82 Å². The summed E-state index contributed by atoms with van der Waals surface area (Å²) in [7, 11) is 0. The third-order valence-corrected chi connectivity index (χ3v) is 2.61. The van der Waals surface area contributed by atoms with E-state index in [1.807, 2.05) is 13.8 Å². The fourth-order valence-electron chi connectivity index (χ4n) is 1.40. The molecule has 3 N–H and O–H groups in total. The van der Waals surface area contributed by atoms with Crippen molar-refractivity contribution in [2.75, 3.05) is 5.32 Å². The second-order valence-electron chi connectivity index (χ2n) is 3.82. The highest BCUT2D eigenvalue weighted by Crippen LogP contribution is 2.16. The van der Waals surface area contributed by atoms with Gasteiger partial charge in [-0.3, -0.25) is 9.89 Å². The van der Waals surface area contributed by atoms with E-state index in [1.165, 1.54) is 12.1 Å². The van der Waals surface area contributed by atoms with E-state index in [2.05, 4.69) is 15.5 Å². The topological polar surface area (TPSA) is 78.0 Å². The number of carbonyl (C=O) groups is 1. The smallest absolute Gasteiger partial charge is 0.256 e. The van der Waals surface area contributed by atoms with Gasteiger partial charge in [0, 0.05) is 16.8 Å². The number of aromatic nitrogens is 2. The summed E-state index contributed by atoms with van der Waals surface area (Å²) in [5.41, 5.74) is 2.31. The number of hydrogen-bond acceptors (Lipinski definition) is 3. The van der Waals surface area contributed by atoms with Crippen molar-refractivity contribution in [3.8, 4) is 5.75 Å². The summed E-state index contributed by atoms with van der Waals surface area (Å²) in [6.45, 7) is 3.77. The zero-order valence-electron chi connectivity index (χ0n) is 9.61. The molecule has 0 spiro atoms. The van der Waals surface area contributed by atoms with Crippen molar-refractivity contribution < 1.29 is 9.90 Å². The Balaban J connectivity index is 2.17. The summed E-state index contributed by atoms with van der Waals surface area (Å²) in [4.78, 5) is 11.8. The van der Waals surface area contributed by atoms with E-state index in [4.69, 9.17) is 5.11 Å². The molecule has 1 aromatic heterocycles. The zero-order chi connectivity index (χ0) is 12.4. The number of nitrogens with one attached hydrogen (secondary N) is 2. The minimum Gasteiger partial charge on any atom is -0.508 e. The standard InChI is InChI=1S/C12H13N3O2/c1-7-8(2)14-15-11(7)13-12(17)9-3-5-10(16)6-4-9/h3-6,16H,1-2H3,(H2,13,14,15,17). The van der Waals surface area contributed by atoms with Crippen LogP contribution in [0.1, 0.15) is 21.6 Å². The first-order chi connectivity index (χ1) is 8.08. The van der Waals surface area contributed by atoms with Crippen molar-refractivity contribution in [1.29, 1.82) is 0 Å². The number of amides is 1. The minimum absolute atomic E-state index is 0.133. The number of phenolic OH excluding ortho intramolecular Hbond substituents is 1. The zero-order valence-corrected chi connectivity index (χ0v) is 9.61. The van der Waals surface area contributed by atoms with Crippen LogP contribution in [0, 0.1) is 13.8 Å². The van der Waals surface area contributed by atoms with Gasteiger partial charge >= 0.3 is 0 Å². The van der Waals surface area contributed by atoms with E-state index < -0.39 is 0 Å². The maximum atomic E-state index is 11.8. The number of rotatable bonds is 2. The van der Waals surface area contributed by atoms with Gasteiger partial charge in [-0.05, 0) is 38.1 Å². The number of carbonyl (C=O) groups excluding carboxylic acids is 1. The number of aromatic hydroxyl groups is 1. The monoisotopic (exact) mass is 231 g/mol. The Labute approximate surface area is 98.5 Å². The first-order valence-corrected chi connectivity index (χ1v) is 5.20. The molecule has 1 heterocycles. The quantitative estimate of drug-likeness (QED) is 0.739. The molecule has 0 aliphatic rings. The molecule has 0 radical (unpaired) electrons. The van der Waals surface area contributed by atoms with Crippen molar-refractivity contribution in [2.45, 2.75) is 13.8 Å². The highest BCUT2D eigenvalue weighted by Gasteiger charge is 2.10. The number of nitrogens with zero attached hydrogens (tertiary/aromatic N) is 1. The van der Waals surface area contributed by atoms with Gasteiger partial charge in [0.25, 0.3) is 5.91 Å². The van der Waals surface area contributed by atoms with Crippen LogP contribution in [-0.4, -0.2) is 21.2 Å². The average Bonchev–Trinajstić information content (AvgIpc) is 2.62. The third-order valence-electron chi connectivity index (χ3n) is 2.61. The van der Waals surface area contributed by atoms with Crippen molar-refractivity contribution in [2.24, 2.45) is 0 Å². The summed E-state index contributed by atoms with van der Waals surface area (Å²) in [6, 6.07) is 6.05. The molecule has 0 bridgehead atoms. The van der Waals surface area contributed by atoms with Gasteiger partial charge in [0.2, 0.25) is 0 Å². The van der Waals surface area contributed by atoms with Gasteiger partial charge in [-0.25, -0.2) is 0 Å². The van der Waals surface area contributed by atoms with Crippen LogP contribution in [0.15, 0.2) is 24.3 Å². The van der Waals surface area contributed by atoms with Gasteiger partial charge in [0.05, 0.1) is 0 Å². The number of phenols is 1. The second kappa shape index (κ2) is 4.29. The second-order valence-corrected chi connectivity index (χ2v) is 3.82. The Bertz CT molecular complexity index is 543. The number of benzene rings is 1. The Morgan fingerprint density at radius 3 is 2.47 bits per heavy atom. The normalized spacial score (nSPS) is 10.2. The fraction of sp³-hybridized carbons (Fsp3) is 0.167. The summed E-state index contributed by atoms with van der Waals surface area (Å²) < 4.78 is 0. The Morgan fingerprint density at radius 1 is 1.29 bits per heavy atom. The van der Waals surface area contributed by atoms with Crippen LogP contribution in [-0.2, 0) is 0 Å². The predicted octanol–water partition coefficient (Wildman–Crippen LogP) is 1.98. The molecular weight excluding hydrogens is 218 g/mol. The van der Waals surface area contributed by atoms with Gasteiger partial charge in [0.15, 0.2) is 5.82 Å². The molecule has 0 saturated heterocycles. The molecule has 0 aliphatic heterocycles.